The molecule has 0 saturated heterocycles. The van der Waals surface area contributed by atoms with E-state index in [1.807, 2.05) is 0 Å². The average molecular weight is 371 g/mol. The normalized spacial score (nSPS) is 15.8. The van der Waals surface area contributed by atoms with Crippen LogP contribution in [0.4, 0.5) is 18.9 Å². The molecule has 0 radical (unpaired) electrons. The van der Waals surface area contributed by atoms with Gasteiger partial charge in [-0.25, -0.2) is 4.68 Å². The van der Waals surface area contributed by atoms with Gasteiger partial charge in [0.25, 0.3) is 0 Å². The van der Waals surface area contributed by atoms with Crippen molar-refractivity contribution in [1.82, 2.24) is 14.9 Å². The van der Waals surface area contributed by atoms with E-state index in [4.69, 9.17) is 5.84 Å². The van der Waals surface area contributed by atoms with Crippen molar-refractivity contribution in [2.24, 2.45) is 0 Å². The zero-order valence-electron chi connectivity index (χ0n) is 13.2. The largest absolute Gasteiger partial charge is 0.416 e. The number of benzene rings is 1. The highest BCUT2D eigenvalue weighted by Crippen LogP contribution is 2.39. The Kier molecular flexibility index (Phi) is 4.63. The molecule has 1 aliphatic rings. The maximum atomic E-state index is 12.7. The number of nitrogen functional groups attached to an aromatic ring is 1. The number of halogens is 3. The molecule has 0 aliphatic heterocycles. The first kappa shape index (κ1) is 17.6. The summed E-state index contributed by atoms with van der Waals surface area (Å²) in [5.74, 6) is 6.49. The summed E-state index contributed by atoms with van der Waals surface area (Å²) in [7, 11) is 0. The molecule has 25 heavy (non-hydrogen) atoms. The van der Waals surface area contributed by atoms with E-state index < -0.39 is 22.9 Å². The lowest BCUT2D eigenvalue weighted by Crippen LogP contribution is -2.24. The summed E-state index contributed by atoms with van der Waals surface area (Å²) < 4.78 is 39.5. The Morgan fingerprint density at radius 1 is 1.40 bits per heavy atom. The first-order chi connectivity index (χ1) is 11.8. The van der Waals surface area contributed by atoms with Crippen LogP contribution in [-0.4, -0.2) is 26.0 Å². The molecule has 1 aliphatic carbocycles. The van der Waals surface area contributed by atoms with Crippen LogP contribution in [0.5, 0.6) is 0 Å². The van der Waals surface area contributed by atoms with Crippen molar-refractivity contribution in [3.05, 3.63) is 35.7 Å². The molecule has 1 aromatic heterocycles. The quantitative estimate of drug-likeness (QED) is 0.623. The van der Waals surface area contributed by atoms with Crippen molar-refractivity contribution in [3.8, 4) is 0 Å². The maximum absolute atomic E-state index is 12.7. The van der Waals surface area contributed by atoms with Crippen molar-refractivity contribution in [2.75, 3.05) is 11.2 Å². The number of hydrogen-bond donors (Lipinski definition) is 2. The molecule has 0 spiro atoms. The predicted octanol–water partition coefficient (Wildman–Crippen LogP) is 3.01. The van der Waals surface area contributed by atoms with Crippen LogP contribution >= 0.6 is 11.8 Å². The molecule has 134 valence electrons. The molecule has 1 heterocycles. The number of carbonyl (C=O) groups is 1. The number of nitrogens with one attached hydrogen (secondary N) is 1. The summed E-state index contributed by atoms with van der Waals surface area (Å²) in [4.78, 5) is 12.2. The molecular formula is C15H16F3N5OS. The van der Waals surface area contributed by atoms with Gasteiger partial charge in [-0.05, 0) is 38.0 Å². The van der Waals surface area contributed by atoms with Crippen LogP contribution < -0.4 is 11.2 Å². The number of thioether (sulfide) groups is 1. The van der Waals surface area contributed by atoms with Crippen LogP contribution in [0.15, 0.2) is 29.4 Å². The maximum Gasteiger partial charge on any atom is 0.416 e. The number of carbonyl (C=O) groups excluding carboxylic acids is 1. The Labute approximate surface area is 146 Å². The molecule has 1 saturated carbocycles. The highest BCUT2D eigenvalue weighted by molar-refractivity contribution is 8.00. The summed E-state index contributed by atoms with van der Waals surface area (Å²) >= 11 is 1.10. The van der Waals surface area contributed by atoms with Crippen LogP contribution in [0.2, 0.25) is 0 Å². The van der Waals surface area contributed by atoms with Crippen molar-refractivity contribution in [2.45, 2.75) is 42.3 Å². The van der Waals surface area contributed by atoms with E-state index in [0.717, 1.165) is 36.7 Å². The summed E-state index contributed by atoms with van der Waals surface area (Å²) in [5.41, 5.74) is -0.735. The van der Waals surface area contributed by atoms with Gasteiger partial charge in [0.05, 0.1) is 10.8 Å². The van der Waals surface area contributed by atoms with Gasteiger partial charge >= 0.3 is 6.18 Å². The van der Waals surface area contributed by atoms with Gasteiger partial charge in [0.1, 0.15) is 0 Å². The van der Waals surface area contributed by atoms with Gasteiger partial charge in [-0.1, -0.05) is 17.8 Å². The standard InChI is InChI=1S/C15H16F3N5OS/c1-8(25-14-22-21-12(23(14)19)9-5-6-9)13(24)20-11-4-2-3-10(7-11)15(16,17)18/h2-4,7-9H,5-6,19H2,1H3,(H,20,24)/t8-/m1/s1. The Bertz CT molecular complexity index is 788. The molecule has 1 amide bonds. The van der Waals surface area contributed by atoms with E-state index in [-0.39, 0.29) is 5.69 Å². The van der Waals surface area contributed by atoms with Crippen LogP contribution in [0, 0.1) is 0 Å². The first-order valence-corrected chi connectivity index (χ1v) is 8.49. The molecule has 1 aromatic carbocycles. The number of rotatable bonds is 5. The third kappa shape index (κ3) is 4.06. The number of hydrogen-bond acceptors (Lipinski definition) is 5. The molecule has 2 aromatic rings. The number of nitrogens with zero attached hydrogens (tertiary/aromatic N) is 3. The monoisotopic (exact) mass is 371 g/mol. The smallest absolute Gasteiger partial charge is 0.336 e. The summed E-state index contributed by atoms with van der Waals surface area (Å²) in [6.45, 7) is 1.62. The lowest BCUT2D eigenvalue weighted by molar-refractivity contribution is -0.137. The Morgan fingerprint density at radius 2 is 2.12 bits per heavy atom. The highest BCUT2D eigenvalue weighted by Gasteiger charge is 2.32. The first-order valence-electron chi connectivity index (χ1n) is 7.61. The number of aromatic nitrogens is 3. The van der Waals surface area contributed by atoms with Gasteiger partial charge in [0.15, 0.2) is 5.82 Å². The number of nitrogens with two attached hydrogens (primary N) is 1. The van der Waals surface area contributed by atoms with Crippen LogP contribution in [-0.2, 0) is 11.0 Å². The van der Waals surface area contributed by atoms with E-state index >= 15 is 0 Å². The lowest BCUT2D eigenvalue weighted by atomic mass is 10.2. The second-order valence-corrected chi connectivity index (χ2v) is 7.12. The third-order valence-corrected chi connectivity index (χ3v) is 4.80. The van der Waals surface area contributed by atoms with Gasteiger partial charge in [0, 0.05) is 11.6 Å². The second kappa shape index (κ2) is 6.58. The highest BCUT2D eigenvalue weighted by atomic mass is 32.2. The summed E-state index contributed by atoms with van der Waals surface area (Å²) in [5, 5.41) is 10.3. The van der Waals surface area contributed by atoms with Gasteiger partial charge in [0.2, 0.25) is 11.1 Å². The minimum Gasteiger partial charge on any atom is -0.336 e. The summed E-state index contributed by atoms with van der Waals surface area (Å²) in [6, 6.07) is 4.49. The van der Waals surface area contributed by atoms with Gasteiger partial charge in [-0.3, -0.25) is 4.79 Å². The number of amides is 1. The third-order valence-electron chi connectivity index (χ3n) is 3.74. The van der Waals surface area contributed by atoms with E-state index in [1.54, 1.807) is 6.92 Å². The van der Waals surface area contributed by atoms with Crippen LogP contribution in [0.25, 0.3) is 0 Å². The Morgan fingerprint density at radius 3 is 2.76 bits per heavy atom. The van der Waals surface area contributed by atoms with Crippen molar-refractivity contribution < 1.29 is 18.0 Å². The molecule has 3 N–H and O–H groups in total. The molecule has 1 atom stereocenters. The van der Waals surface area contributed by atoms with Crippen molar-refractivity contribution in [3.63, 3.8) is 0 Å². The molecule has 0 unspecified atom stereocenters. The predicted molar refractivity (Wildman–Crippen MR) is 87.5 cm³/mol. The molecule has 0 bridgehead atoms. The average Bonchev–Trinajstić information content (AvgIpc) is 3.32. The zero-order valence-corrected chi connectivity index (χ0v) is 14.1. The van der Waals surface area contributed by atoms with Crippen LogP contribution in [0.1, 0.15) is 37.1 Å². The van der Waals surface area contributed by atoms with Crippen LogP contribution in [0.3, 0.4) is 0 Å². The Hall–Kier alpha value is -2.23. The minimum absolute atomic E-state index is 0.0835. The fourth-order valence-corrected chi connectivity index (χ4v) is 2.99. The minimum atomic E-state index is -4.46. The molecule has 3 rings (SSSR count). The lowest BCUT2D eigenvalue weighted by Gasteiger charge is -2.13. The topological polar surface area (TPSA) is 85.8 Å². The SMILES string of the molecule is C[C@@H](Sc1nnc(C2CC2)n1N)C(=O)Nc1cccc(C(F)(F)F)c1. The molecule has 6 nitrogen and oxygen atoms in total. The van der Waals surface area contributed by atoms with Gasteiger partial charge in [-0.15, -0.1) is 10.2 Å². The molecule has 1 fully saturated rings. The van der Waals surface area contributed by atoms with Gasteiger partial charge < -0.3 is 11.2 Å². The van der Waals surface area contributed by atoms with E-state index in [0.29, 0.717) is 16.9 Å². The zero-order chi connectivity index (χ0) is 18.2. The number of alkyl halides is 3. The second-order valence-electron chi connectivity index (χ2n) is 5.81. The van der Waals surface area contributed by atoms with Crippen molar-refractivity contribution in [1.29, 1.82) is 0 Å². The fraction of sp³-hybridized carbons (Fsp3) is 0.400. The van der Waals surface area contributed by atoms with E-state index in [2.05, 4.69) is 15.5 Å². The van der Waals surface area contributed by atoms with E-state index in [1.165, 1.54) is 16.8 Å². The van der Waals surface area contributed by atoms with Gasteiger partial charge in [-0.2, -0.15) is 13.2 Å². The summed E-state index contributed by atoms with van der Waals surface area (Å²) in [6.07, 6.45) is -2.42. The number of anilines is 1. The van der Waals surface area contributed by atoms with Crippen molar-refractivity contribution >= 4 is 23.4 Å². The molecule has 10 heteroatoms. The Balaban J connectivity index is 1.65. The van der Waals surface area contributed by atoms with E-state index in [9.17, 15) is 18.0 Å². The molecular weight excluding hydrogens is 355 g/mol. The fourth-order valence-electron chi connectivity index (χ4n) is 2.22.